The molecule has 0 aliphatic rings. The van der Waals surface area contributed by atoms with Crippen LogP contribution in [0, 0.1) is 0 Å². The maximum absolute atomic E-state index is 10.7. The average molecular weight is 225 g/mol. The fourth-order valence-corrected chi connectivity index (χ4v) is 1.58. The predicted molar refractivity (Wildman–Crippen MR) is 49.7 cm³/mol. The Bertz CT molecular complexity index is 276. The molecule has 1 heterocycles. The molecule has 0 spiro atoms. The first-order valence-corrected chi connectivity index (χ1v) is 4.88. The van der Waals surface area contributed by atoms with Gasteiger partial charge in [-0.2, -0.15) is 0 Å². The zero-order valence-corrected chi connectivity index (χ0v) is 8.34. The van der Waals surface area contributed by atoms with Crippen LogP contribution in [0.3, 0.4) is 0 Å². The van der Waals surface area contributed by atoms with Gasteiger partial charge in [-0.05, 0) is 0 Å². The van der Waals surface area contributed by atoms with Crippen molar-refractivity contribution in [1.82, 2.24) is 10.3 Å². The van der Waals surface area contributed by atoms with Gasteiger partial charge in [-0.25, -0.2) is 4.98 Å². The Balaban J connectivity index is 2.38. The Morgan fingerprint density at radius 1 is 1.75 bits per heavy atom. The number of nitrogens with zero attached hydrogens (tertiary/aromatic N) is 1. The van der Waals surface area contributed by atoms with E-state index >= 15 is 0 Å². The van der Waals surface area contributed by atoms with Gasteiger partial charge >= 0.3 is 0 Å². The number of thiazole rings is 1. The van der Waals surface area contributed by atoms with E-state index in [0.29, 0.717) is 10.9 Å². The van der Waals surface area contributed by atoms with Gasteiger partial charge in [0, 0.05) is 0 Å². The molecular weight excluding hydrogens is 219 g/mol. The number of halogens is 2. The topological polar surface area (TPSA) is 42.0 Å². The molecule has 0 saturated carbocycles. The third-order valence-corrected chi connectivity index (χ3v) is 2.44. The highest BCUT2D eigenvalue weighted by molar-refractivity contribution is 7.15. The molecule has 12 heavy (non-hydrogen) atoms. The van der Waals surface area contributed by atoms with Crippen molar-refractivity contribution in [2.24, 2.45) is 0 Å². The molecule has 66 valence electrons. The molecule has 1 aromatic heterocycles. The Labute approximate surface area is 83.7 Å². The normalized spacial score (nSPS) is 9.83. The van der Waals surface area contributed by atoms with Crippen molar-refractivity contribution in [2.45, 2.75) is 6.54 Å². The summed E-state index contributed by atoms with van der Waals surface area (Å²) in [5.41, 5.74) is 0. The second-order valence-corrected chi connectivity index (χ2v) is 3.98. The number of amides is 1. The molecule has 6 heteroatoms. The molecule has 1 N–H and O–H groups in total. The van der Waals surface area contributed by atoms with Crippen molar-refractivity contribution < 1.29 is 4.79 Å². The number of nitrogens with one attached hydrogen (secondary N) is 1. The molecule has 0 unspecified atom stereocenters. The van der Waals surface area contributed by atoms with Gasteiger partial charge in [-0.1, -0.05) is 11.6 Å². The molecular formula is C6H6Cl2N2OS. The fraction of sp³-hybridized carbons (Fsp3) is 0.333. The van der Waals surface area contributed by atoms with Crippen LogP contribution >= 0.6 is 34.5 Å². The quantitative estimate of drug-likeness (QED) is 0.794. The fourth-order valence-electron chi connectivity index (χ4n) is 0.591. The van der Waals surface area contributed by atoms with Crippen molar-refractivity contribution >= 4 is 40.4 Å². The summed E-state index contributed by atoms with van der Waals surface area (Å²) in [6.07, 6.45) is 1.55. The minimum Gasteiger partial charge on any atom is -0.349 e. The summed E-state index contributed by atoms with van der Waals surface area (Å²) in [6.45, 7) is 0.392. The maximum Gasteiger partial charge on any atom is 0.235 e. The first-order valence-electron chi connectivity index (χ1n) is 3.15. The largest absolute Gasteiger partial charge is 0.349 e. The first-order chi connectivity index (χ1) is 5.72. The van der Waals surface area contributed by atoms with Gasteiger partial charge in [-0.3, -0.25) is 4.79 Å². The van der Waals surface area contributed by atoms with Gasteiger partial charge in [0.1, 0.15) is 15.2 Å². The molecule has 0 saturated heterocycles. The Kier molecular flexibility index (Phi) is 3.78. The van der Waals surface area contributed by atoms with Crippen LogP contribution in [-0.2, 0) is 11.3 Å². The number of hydrogen-bond donors (Lipinski definition) is 1. The van der Waals surface area contributed by atoms with Gasteiger partial charge in [0.25, 0.3) is 0 Å². The van der Waals surface area contributed by atoms with Crippen molar-refractivity contribution in [3.05, 3.63) is 15.5 Å². The number of carbonyl (C=O) groups is 1. The lowest BCUT2D eigenvalue weighted by Gasteiger charge is -1.97. The van der Waals surface area contributed by atoms with Crippen LogP contribution in [0.1, 0.15) is 5.01 Å². The second kappa shape index (κ2) is 4.64. The third kappa shape index (κ3) is 2.97. The molecule has 0 fully saturated rings. The molecule has 0 radical (unpaired) electrons. The van der Waals surface area contributed by atoms with E-state index in [2.05, 4.69) is 10.3 Å². The zero-order valence-electron chi connectivity index (χ0n) is 6.01. The molecule has 3 nitrogen and oxygen atoms in total. The molecule has 0 aliphatic carbocycles. The Morgan fingerprint density at radius 2 is 2.50 bits per heavy atom. The summed E-state index contributed by atoms with van der Waals surface area (Å²) >= 11 is 12.2. The molecule has 0 atom stereocenters. The van der Waals surface area contributed by atoms with Gasteiger partial charge in [0.2, 0.25) is 5.91 Å². The lowest BCUT2D eigenvalue weighted by molar-refractivity contribution is -0.118. The third-order valence-electron chi connectivity index (χ3n) is 1.08. The van der Waals surface area contributed by atoms with Gasteiger partial charge in [-0.15, -0.1) is 22.9 Å². The van der Waals surface area contributed by atoms with Crippen LogP contribution < -0.4 is 5.32 Å². The zero-order chi connectivity index (χ0) is 8.97. The number of hydrogen-bond acceptors (Lipinski definition) is 3. The number of alkyl halides is 1. The minimum absolute atomic E-state index is 0.0287. The summed E-state index contributed by atoms with van der Waals surface area (Å²) < 4.78 is 0.616. The highest BCUT2D eigenvalue weighted by atomic mass is 35.5. The number of rotatable bonds is 3. The highest BCUT2D eigenvalue weighted by Gasteiger charge is 2.01. The lowest BCUT2D eigenvalue weighted by Crippen LogP contribution is -2.23. The van der Waals surface area contributed by atoms with Crippen LogP contribution in [0.4, 0.5) is 0 Å². The van der Waals surface area contributed by atoms with Crippen LogP contribution in [0.2, 0.25) is 4.34 Å². The van der Waals surface area contributed by atoms with Crippen molar-refractivity contribution in [2.75, 3.05) is 5.88 Å². The number of carbonyl (C=O) groups excluding carboxylic acids is 1. The van der Waals surface area contributed by atoms with Crippen LogP contribution in [-0.4, -0.2) is 16.8 Å². The molecule has 0 aliphatic heterocycles. The van der Waals surface area contributed by atoms with E-state index in [1.807, 2.05) is 0 Å². The molecule has 0 aromatic carbocycles. The summed E-state index contributed by atoms with van der Waals surface area (Å²) in [5, 5.41) is 3.36. The SMILES string of the molecule is O=C(CCl)NCc1ncc(Cl)s1. The van der Waals surface area contributed by atoms with E-state index in [1.165, 1.54) is 11.3 Å². The molecule has 1 rings (SSSR count). The van der Waals surface area contributed by atoms with Gasteiger partial charge < -0.3 is 5.32 Å². The second-order valence-electron chi connectivity index (χ2n) is 1.97. The summed E-state index contributed by atoms with van der Waals surface area (Å²) in [5.74, 6) is -0.234. The predicted octanol–water partition coefficient (Wildman–Crippen LogP) is 1.65. The summed E-state index contributed by atoms with van der Waals surface area (Å²) in [4.78, 5) is 14.6. The van der Waals surface area contributed by atoms with Crippen molar-refractivity contribution in [3.63, 3.8) is 0 Å². The molecule has 1 amide bonds. The molecule has 1 aromatic rings. The lowest BCUT2D eigenvalue weighted by atomic mass is 10.6. The standard InChI is InChI=1S/C6H6Cl2N2OS/c7-1-5(11)9-3-6-10-2-4(8)12-6/h2H,1,3H2,(H,9,11). The number of aromatic nitrogens is 1. The van der Waals surface area contributed by atoms with Crippen molar-refractivity contribution in [1.29, 1.82) is 0 Å². The Morgan fingerprint density at radius 3 is 3.00 bits per heavy atom. The van der Waals surface area contributed by atoms with E-state index in [4.69, 9.17) is 23.2 Å². The van der Waals surface area contributed by atoms with E-state index < -0.39 is 0 Å². The smallest absolute Gasteiger partial charge is 0.235 e. The van der Waals surface area contributed by atoms with E-state index in [9.17, 15) is 4.79 Å². The highest BCUT2D eigenvalue weighted by Crippen LogP contribution is 2.17. The minimum atomic E-state index is -0.206. The van der Waals surface area contributed by atoms with Crippen LogP contribution in [0.25, 0.3) is 0 Å². The van der Waals surface area contributed by atoms with Crippen LogP contribution in [0.15, 0.2) is 6.20 Å². The van der Waals surface area contributed by atoms with Crippen molar-refractivity contribution in [3.8, 4) is 0 Å². The van der Waals surface area contributed by atoms with Gasteiger partial charge in [0.15, 0.2) is 0 Å². The maximum atomic E-state index is 10.7. The van der Waals surface area contributed by atoms with E-state index in [0.717, 1.165) is 5.01 Å². The summed E-state index contributed by atoms with van der Waals surface area (Å²) in [6, 6.07) is 0. The van der Waals surface area contributed by atoms with Crippen LogP contribution in [0.5, 0.6) is 0 Å². The Hall–Kier alpha value is -0.320. The first kappa shape index (κ1) is 9.77. The van der Waals surface area contributed by atoms with E-state index in [1.54, 1.807) is 6.20 Å². The summed E-state index contributed by atoms with van der Waals surface area (Å²) in [7, 11) is 0. The monoisotopic (exact) mass is 224 g/mol. The van der Waals surface area contributed by atoms with E-state index in [-0.39, 0.29) is 11.8 Å². The average Bonchev–Trinajstić information content (AvgIpc) is 2.47. The molecule has 0 bridgehead atoms. The van der Waals surface area contributed by atoms with Gasteiger partial charge in [0.05, 0.1) is 12.7 Å².